The zero-order valence-corrected chi connectivity index (χ0v) is 20.1. The van der Waals surface area contributed by atoms with E-state index >= 15 is 0 Å². The lowest BCUT2D eigenvalue weighted by Gasteiger charge is -2.11. The van der Waals surface area contributed by atoms with Crippen molar-refractivity contribution in [3.63, 3.8) is 0 Å². The summed E-state index contributed by atoms with van der Waals surface area (Å²) < 4.78 is 33.9. The number of anilines is 1. The highest BCUT2D eigenvalue weighted by molar-refractivity contribution is 7.98. The Morgan fingerprint density at radius 3 is 2.70 bits per heavy atom. The molecule has 0 amide bonds. The second-order valence-electron chi connectivity index (χ2n) is 6.82. The summed E-state index contributed by atoms with van der Waals surface area (Å²) in [6.45, 7) is 6.19. The van der Waals surface area contributed by atoms with E-state index < -0.39 is 18.1 Å². The van der Waals surface area contributed by atoms with Crippen molar-refractivity contribution in [2.45, 2.75) is 38.0 Å². The normalized spacial score (nSPS) is 11.0. The van der Waals surface area contributed by atoms with E-state index in [1.54, 1.807) is 31.8 Å². The molecular formula is C21H22F2N6O2S2. The number of hydrogen-bond acceptors (Lipinski definition) is 9. The van der Waals surface area contributed by atoms with E-state index in [2.05, 4.69) is 26.5 Å². The van der Waals surface area contributed by atoms with E-state index in [0.29, 0.717) is 39.1 Å². The van der Waals surface area contributed by atoms with Crippen molar-refractivity contribution in [1.29, 1.82) is 5.26 Å². The number of aromatic nitrogens is 4. The van der Waals surface area contributed by atoms with E-state index in [4.69, 9.17) is 4.74 Å². The van der Waals surface area contributed by atoms with Gasteiger partial charge in [0.2, 0.25) is 0 Å². The Labute approximate surface area is 198 Å². The van der Waals surface area contributed by atoms with Crippen LogP contribution in [0.2, 0.25) is 0 Å². The summed E-state index contributed by atoms with van der Waals surface area (Å²) in [5.41, 5.74) is 1.69. The van der Waals surface area contributed by atoms with Crippen LogP contribution < -0.4 is 5.32 Å². The third kappa shape index (κ3) is 5.48. The fourth-order valence-corrected chi connectivity index (χ4v) is 5.10. The number of thiazole rings is 1. The third-order valence-electron chi connectivity index (χ3n) is 4.48. The molecule has 0 saturated heterocycles. The highest BCUT2D eigenvalue weighted by Crippen LogP contribution is 2.37. The summed E-state index contributed by atoms with van der Waals surface area (Å²) in [5.74, 6) is -0.355. The molecule has 0 fully saturated rings. The minimum atomic E-state index is -2.82. The summed E-state index contributed by atoms with van der Waals surface area (Å²) in [4.78, 5) is 21.2. The first-order valence-corrected chi connectivity index (χ1v) is 11.9. The smallest absolute Gasteiger partial charge is 0.350 e. The number of carbonyl (C=O) groups excluding carboxylic acids is 1. The molecule has 0 radical (unpaired) electrons. The highest BCUT2D eigenvalue weighted by atomic mass is 32.2. The zero-order valence-electron chi connectivity index (χ0n) is 18.5. The molecule has 0 unspecified atom stereocenters. The van der Waals surface area contributed by atoms with Gasteiger partial charge in [0.15, 0.2) is 5.13 Å². The lowest BCUT2D eigenvalue weighted by Crippen LogP contribution is -2.05. The van der Waals surface area contributed by atoms with Gasteiger partial charge < -0.3 is 10.1 Å². The molecule has 33 heavy (non-hydrogen) atoms. The SMILES string of the molecule is CCNc1nc(CSc2nc(C(F)F)cc(-c3cn(C)nc3C)c2C#N)c(C(=O)OCC)s1. The number of pyridine rings is 1. The lowest BCUT2D eigenvalue weighted by molar-refractivity contribution is 0.0531. The standard InChI is InChI=1S/C21H22F2N6O2S2/c1-5-25-21-27-16(17(33-21)20(30)31-6-2)10-32-19-13(8-24)12(7-15(26-19)18(22)23)14-9-29(4)28-11(14)3/h7,9,18H,5-6,10H2,1-4H3,(H,25,27). The molecule has 3 heterocycles. The molecule has 0 aromatic carbocycles. The molecule has 174 valence electrons. The number of halogens is 2. The largest absolute Gasteiger partial charge is 0.462 e. The van der Waals surface area contributed by atoms with E-state index in [9.17, 15) is 18.8 Å². The second-order valence-corrected chi connectivity index (χ2v) is 8.79. The van der Waals surface area contributed by atoms with Crippen molar-refractivity contribution in [2.75, 3.05) is 18.5 Å². The van der Waals surface area contributed by atoms with E-state index in [1.807, 2.05) is 6.92 Å². The van der Waals surface area contributed by atoms with Gasteiger partial charge in [0.25, 0.3) is 6.43 Å². The minimum absolute atomic E-state index is 0.140. The Bertz CT molecular complexity index is 1200. The topological polar surface area (TPSA) is 106 Å². The predicted octanol–water partition coefficient (Wildman–Crippen LogP) is 4.96. The predicted molar refractivity (Wildman–Crippen MR) is 123 cm³/mol. The number of aryl methyl sites for hydroxylation is 2. The highest BCUT2D eigenvalue weighted by Gasteiger charge is 2.24. The molecule has 0 aliphatic carbocycles. The molecule has 12 heteroatoms. The van der Waals surface area contributed by atoms with Crippen LogP contribution in [0.25, 0.3) is 11.1 Å². The first-order valence-electron chi connectivity index (χ1n) is 10.1. The summed E-state index contributed by atoms with van der Waals surface area (Å²) >= 11 is 2.24. The lowest BCUT2D eigenvalue weighted by atomic mass is 10.0. The number of nitrogens with zero attached hydrogens (tertiary/aromatic N) is 5. The number of ether oxygens (including phenoxy) is 1. The monoisotopic (exact) mass is 492 g/mol. The fraction of sp³-hybridized carbons (Fsp3) is 0.381. The molecule has 0 aliphatic heterocycles. The molecule has 0 saturated carbocycles. The van der Waals surface area contributed by atoms with Gasteiger partial charge in [0.05, 0.1) is 23.6 Å². The zero-order chi connectivity index (χ0) is 24.1. The number of thioether (sulfide) groups is 1. The van der Waals surface area contributed by atoms with Gasteiger partial charge in [0.1, 0.15) is 21.7 Å². The van der Waals surface area contributed by atoms with Gasteiger partial charge in [0, 0.05) is 36.7 Å². The van der Waals surface area contributed by atoms with E-state index in [1.165, 1.54) is 6.07 Å². The van der Waals surface area contributed by atoms with Crippen LogP contribution in [0.1, 0.15) is 52.6 Å². The van der Waals surface area contributed by atoms with Gasteiger partial charge in [-0.1, -0.05) is 23.1 Å². The number of rotatable bonds is 9. The number of nitriles is 1. The Balaban J connectivity index is 2.03. The van der Waals surface area contributed by atoms with E-state index in [0.717, 1.165) is 23.1 Å². The Kier molecular flexibility index (Phi) is 7.99. The van der Waals surface area contributed by atoms with Gasteiger partial charge >= 0.3 is 5.97 Å². The molecule has 0 bridgehead atoms. The summed E-state index contributed by atoms with van der Waals surface area (Å²) in [6, 6.07) is 3.33. The van der Waals surface area contributed by atoms with Crippen LogP contribution in [-0.2, 0) is 17.5 Å². The fourth-order valence-electron chi connectivity index (χ4n) is 3.11. The van der Waals surface area contributed by atoms with Crippen molar-refractivity contribution in [3.05, 3.63) is 39.8 Å². The van der Waals surface area contributed by atoms with Gasteiger partial charge in [-0.05, 0) is 26.8 Å². The molecule has 3 aromatic heterocycles. The Morgan fingerprint density at radius 2 is 2.12 bits per heavy atom. The van der Waals surface area contributed by atoms with Crippen molar-refractivity contribution < 1.29 is 18.3 Å². The molecule has 0 atom stereocenters. The first-order chi connectivity index (χ1) is 15.8. The molecule has 8 nitrogen and oxygen atoms in total. The molecule has 1 N–H and O–H groups in total. The average Bonchev–Trinajstić information content (AvgIpc) is 3.33. The summed E-state index contributed by atoms with van der Waals surface area (Å²) in [7, 11) is 1.72. The van der Waals surface area contributed by atoms with Crippen molar-refractivity contribution in [1.82, 2.24) is 19.7 Å². The first kappa shape index (κ1) is 24.6. The second kappa shape index (κ2) is 10.7. The average molecular weight is 493 g/mol. The van der Waals surface area contributed by atoms with Crippen LogP contribution >= 0.6 is 23.1 Å². The molecule has 0 aliphatic rings. The Morgan fingerprint density at radius 1 is 1.36 bits per heavy atom. The van der Waals surface area contributed by atoms with Crippen LogP contribution in [0, 0.1) is 18.3 Å². The van der Waals surface area contributed by atoms with Crippen LogP contribution in [-0.4, -0.2) is 38.9 Å². The molecule has 3 rings (SSSR count). The molecule has 0 spiro atoms. The summed E-state index contributed by atoms with van der Waals surface area (Å²) in [5, 5.41) is 17.9. The third-order valence-corrected chi connectivity index (χ3v) is 6.50. The van der Waals surface area contributed by atoms with Crippen molar-refractivity contribution >= 4 is 34.2 Å². The maximum atomic E-state index is 13.6. The van der Waals surface area contributed by atoms with Gasteiger partial charge in [-0.2, -0.15) is 10.4 Å². The van der Waals surface area contributed by atoms with Crippen LogP contribution in [0.4, 0.5) is 13.9 Å². The number of carbonyl (C=O) groups is 1. The van der Waals surface area contributed by atoms with Gasteiger partial charge in [-0.15, -0.1) is 0 Å². The minimum Gasteiger partial charge on any atom is -0.462 e. The van der Waals surface area contributed by atoms with Crippen molar-refractivity contribution in [2.24, 2.45) is 7.05 Å². The quantitative estimate of drug-likeness (QED) is 0.330. The van der Waals surface area contributed by atoms with E-state index in [-0.39, 0.29) is 22.9 Å². The summed E-state index contributed by atoms with van der Waals surface area (Å²) in [6.07, 6.45) is -1.14. The van der Waals surface area contributed by atoms with Gasteiger partial charge in [-0.25, -0.2) is 23.5 Å². The van der Waals surface area contributed by atoms with Crippen LogP contribution in [0.5, 0.6) is 0 Å². The molecular weight excluding hydrogens is 470 g/mol. The molecule has 3 aromatic rings. The van der Waals surface area contributed by atoms with Gasteiger partial charge in [-0.3, -0.25) is 4.68 Å². The maximum Gasteiger partial charge on any atom is 0.350 e. The number of esters is 1. The number of alkyl halides is 2. The van der Waals surface area contributed by atoms with Crippen molar-refractivity contribution in [3.8, 4) is 17.2 Å². The number of hydrogen-bond donors (Lipinski definition) is 1. The number of nitrogens with one attached hydrogen (secondary N) is 1. The van der Waals surface area contributed by atoms with Crippen LogP contribution in [0.15, 0.2) is 17.3 Å². The Hall–Kier alpha value is -3.04. The van der Waals surface area contributed by atoms with Crippen LogP contribution in [0.3, 0.4) is 0 Å². The maximum absolute atomic E-state index is 13.6.